The van der Waals surface area contributed by atoms with E-state index in [9.17, 15) is 5.11 Å². The molecule has 2 aromatic rings. The third-order valence-corrected chi connectivity index (χ3v) is 4.92. The minimum Gasteiger partial charge on any atom is -0.507 e. The molecule has 5 nitrogen and oxygen atoms in total. The molecule has 0 amide bonds. The van der Waals surface area contributed by atoms with Gasteiger partial charge in [-0.3, -0.25) is 0 Å². The van der Waals surface area contributed by atoms with Crippen molar-refractivity contribution >= 4 is 29.0 Å². The zero-order valence-electron chi connectivity index (χ0n) is 14.4. The number of anilines is 1. The average molecular weight is 381 g/mol. The first-order chi connectivity index (χ1) is 11.9. The number of hydrogen-bond acceptors (Lipinski definition) is 5. The fourth-order valence-electron chi connectivity index (χ4n) is 3.38. The summed E-state index contributed by atoms with van der Waals surface area (Å²) in [5, 5.41) is 19.5. The van der Waals surface area contributed by atoms with Gasteiger partial charge in [0.25, 0.3) is 0 Å². The highest BCUT2D eigenvalue weighted by Crippen LogP contribution is 2.37. The highest BCUT2D eigenvalue weighted by Gasteiger charge is 2.22. The van der Waals surface area contributed by atoms with E-state index < -0.39 is 0 Å². The van der Waals surface area contributed by atoms with Crippen LogP contribution < -0.4 is 4.90 Å². The van der Waals surface area contributed by atoms with Gasteiger partial charge in [-0.1, -0.05) is 23.2 Å². The van der Waals surface area contributed by atoms with Crippen LogP contribution in [-0.4, -0.2) is 53.9 Å². The Hall–Kier alpha value is -1.56. The maximum atomic E-state index is 10.1. The van der Waals surface area contributed by atoms with E-state index in [0.29, 0.717) is 27.2 Å². The van der Waals surface area contributed by atoms with E-state index in [1.807, 2.05) is 12.1 Å². The van der Waals surface area contributed by atoms with Crippen molar-refractivity contribution in [2.75, 3.05) is 38.6 Å². The van der Waals surface area contributed by atoms with Crippen LogP contribution in [0.15, 0.2) is 24.3 Å². The third kappa shape index (κ3) is 4.35. The number of nitrogens with zero attached hydrogens (tertiary/aromatic N) is 4. The van der Waals surface area contributed by atoms with Gasteiger partial charge in [0, 0.05) is 24.7 Å². The first-order valence-electron chi connectivity index (χ1n) is 8.36. The van der Waals surface area contributed by atoms with Crippen molar-refractivity contribution in [3.8, 4) is 17.0 Å². The van der Waals surface area contributed by atoms with Crippen LogP contribution in [0.25, 0.3) is 11.3 Å². The lowest BCUT2D eigenvalue weighted by Crippen LogP contribution is -2.39. The van der Waals surface area contributed by atoms with Crippen molar-refractivity contribution in [2.45, 2.75) is 12.8 Å². The van der Waals surface area contributed by atoms with Gasteiger partial charge in [0.1, 0.15) is 5.75 Å². The fourth-order valence-corrected chi connectivity index (χ4v) is 3.96. The molecule has 0 spiro atoms. The Morgan fingerprint density at radius 1 is 1.24 bits per heavy atom. The van der Waals surface area contributed by atoms with Crippen LogP contribution in [-0.2, 0) is 0 Å². The molecule has 1 N–H and O–H groups in total. The molecular formula is C18H22Cl2N4O. The van der Waals surface area contributed by atoms with E-state index in [1.54, 1.807) is 6.07 Å². The normalized spacial score (nSPS) is 18.0. The Kier molecular flexibility index (Phi) is 5.67. The average Bonchev–Trinajstić information content (AvgIpc) is 2.54. The fraction of sp³-hybridized carbons (Fsp3) is 0.444. The van der Waals surface area contributed by atoms with Crippen LogP contribution >= 0.6 is 23.2 Å². The highest BCUT2D eigenvalue weighted by atomic mass is 35.5. The van der Waals surface area contributed by atoms with Crippen LogP contribution in [0.4, 0.5) is 5.82 Å². The molecule has 1 saturated heterocycles. The number of piperidine rings is 1. The molecule has 7 heteroatoms. The molecule has 0 aliphatic carbocycles. The van der Waals surface area contributed by atoms with Crippen molar-refractivity contribution in [3.63, 3.8) is 0 Å². The molecule has 3 rings (SSSR count). The zero-order chi connectivity index (χ0) is 18.0. The summed E-state index contributed by atoms with van der Waals surface area (Å²) in [5.74, 6) is 1.50. The molecular weight excluding hydrogens is 359 g/mol. The van der Waals surface area contributed by atoms with E-state index in [-0.39, 0.29) is 5.75 Å². The van der Waals surface area contributed by atoms with Gasteiger partial charge >= 0.3 is 0 Å². The summed E-state index contributed by atoms with van der Waals surface area (Å²) in [6, 6.07) is 6.82. The van der Waals surface area contributed by atoms with Gasteiger partial charge in [0.15, 0.2) is 5.82 Å². The topological polar surface area (TPSA) is 52.5 Å². The zero-order valence-corrected chi connectivity index (χ0v) is 15.9. The maximum absolute atomic E-state index is 10.1. The minimum absolute atomic E-state index is 0.00331. The van der Waals surface area contributed by atoms with E-state index in [1.165, 1.54) is 12.5 Å². The maximum Gasteiger partial charge on any atom is 0.151 e. The molecule has 0 saturated carbocycles. The van der Waals surface area contributed by atoms with Crippen molar-refractivity contribution in [1.29, 1.82) is 0 Å². The van der Waals surface area contributed by atoms with Gasteiger partial charge in [0.05, 0.1) is 16.3 Å². The number of halogens is 2. The lowest BCUT2D eigenvalue weighted by Gasteiger charge is -2.34. The Morgan fingerprint density at radius 2 is 2.04 bits per heavy atom. The van der Waals surface area contributed by atoms with E-state index >= 15 is 0 Å². The summed E-state index contributed by atoms with van der Waals surface area (Å²) in [4.78, 5) is 4.51. The second-order valence-electron chi connectivity index (χ2n) is 6.78. The van der Waals surface area contributed by atoms with Crippen LogP contribution in [0.1, 0.15) is 12.8 Å². The van der Waals surface area contributed by atoms with Gasteiger partial charge in [-0.05, 0) is 57.1 Å². The lowest BCUT2D eigenvalue weighted by molar-refractivity contribution is 0.291. The second kappa shape index (κ2) is 7.77. The molecule has 1 aromatic heterocycles. The molecule has 1 aromatic carbocycles. The summed E-state index contributed by atoms with van der Waals surface area (Å²) in [6.07, 6.45) is 2.40. The molecule has 0 unspecified atom stereocenters. The second-order valence-corrected chi connectivity index (χ2v) is 7.62. The molecule has 134 valence electrons. The molecule has 0 bridgehead atoms. The predicted molar refractivity (Wildman–Crippen MR) is 103 cm³/mol. The van der Waals surface area contributed by atoms with Crippen LogP contribution in [0.5, 0.6) is 5.75 Å². The monoisotopic (exact) mass is 380 g/mol. The van der Waals surface area contributed by atoms with Gasteiger partial charge < -0.3 is 14.9 Å². The number of rotatable bonds is 4. The summed E-state index contributed by atoms with van der Waals surface area (Å²) in [6.45, 7) is 3.06. The molecule has 2 heterocycles. The Labute approximate surface area is 158 Å². The molecule has 0 radical (unpaired) electrons. The smallest absolute Gasteiger partial charge is 0.151 e. The van der Waals surface area contributed by atoms with Crippen LogP contribution in [0, 0.1) is 5.92 Å². The molecule has 1 aliphatic rings. The molecule has 1 fully saturated rings. The number of benzene rings is 1. The first-order valence-corrected chi connectivity index (χ1v) is 9.11. The summed E-state index contributed by atoms with van der Waals surface area (Å²) >= 11 is 12.1. The highest BCUT2D eigenvalue weighted by molar-refractivity contribution is 6.36. The summed E-state index contributed by atoms with van der Waals surface area (Å²) in [7, 11) is 4.21. The summed E-state index contributed by atoms with van der Waals surface area (Å²) < 4.78 is 0. The molecule has 25 heavy (non-hydrogen) atoms. The number of hydrogen-bond donors (Lipinski definition) is 1. The van der Waals surface area contributed by atoms with E-state index in [0.717, 1.165) is 31.9 Å². The number of aromatic hydroxyl groups is 1. The Bertz CT molecular complexity index is 713. The van der Waals surface area contributed by atoms with E-state index in [4.69, 9.17) is 23.2 Å². The quantitative estimate of drug-likeness (QED) is 0.870. The minimum atomic E-state index is 0.00331. The van der Waals surface area contributed by atoms with Crippen molar-refractivity contribution in [3.05, 3.63) is 34.3 Å². The number of phenols is 1. The van der Waals surface area contributed by atoms with Gasteiger partial charge in [-0.25, -0.2) is 0 Å². The molecule has 1 aliphatic heterocycles. The standard InChI is InChI=1S/C18H22Cl2N4O/c1-23(2)10-12-4-3-7-24(11-12)17-6-5-15(21-22-17)18-14(20)8-13(19)9-16(18)25/h5-6,8-9,12,25H,3-4,7,10-11H2,1-2H3/t12-/m0/s1. The Balaban J connectivity index is 1.79. The van der Waals surface area contributed by atoms with Crippen LogP contribution in [0.3, 0.4) is 0 Å². The van der Waals surface area contributed by atoms with Crippen LogP contribution in [0.2, 0.25) is 10.0 Å². The van der Waals surface area contributed by atoms with Crippen molar-refractivity contribution in [1.82, 2.24) is 15.1 Å². The van der Waals surface area contributed by atoms with Crippen molar-refractivity contribution < 1.29 is 5.11 Å². The predicted octanol–water partition coefficient (Wildman–Crippen LogP) is 3.93. The SMILES string of the molecule is CN(C)C[C@@H]1CCCN(c2ccc(-c3c(O)cc(Cl)cc3Cl)nn2)C1. The van der Waals surface area contributed by atoms with E-state index in [2.05, 4.69) is 34.1 Å². The summed E-state index contributed by atoms with van der Waals surface area (Å²) in [5.41, 5.74) is 0.985. The first kappa shape index (κ1) is 18.2. The Morgan fingerprint density at radius 3 is 2.68 bits per heavy atom. The number of aromatic nitrogens is 2. The van der Waals surface area contributed by atoms with Gasteiger partial charge in [-0.15, -0.1) is 10.2 Å². The largest absolute Gasteiger partial charge is 0.507 e. The van der Waals surface area contributed by atoms with Crippen molar-refractivity contribution in [2.24, 2.45) is 5.92 Å². The molecule has 1 atom stereocenters. The lowest BCUT2D eigenvalue weighted by atomic mass is 9.97. The third-order valence-electron chi connectivity index (χ3n) is 4.41. The van der Waals surface area contributed by atoms with Gasteiger partial charge in [-0.2, -0.15) is 0 Å². The number of phenolic OH excluding ortho intramolecular Hbond substituents is 1. The van der Waals surface area contributed by atoms with Gasteiger partial charge in [0.2, 0.25) is 0 Å².